The smallest absolute Gasteiger partial charge is 0.253 e. The van der Waals surface area contributed by atoms with Crippen LogP contribution in [-0.2, 0) is 22.4 Å². The summed E-state index contributed by atoms with van der Waals surface area (Å²) < 4.78 is 0. The van der Waals surface area contributed by atoms with Gasteiger partial charge in [-0.2, -0.15) is 0 Å². The quantitative estimate of drug-likeness (QED) is 0.256. The van der Waals surface area contributed by atoms with E-state index in [4.69, 9.17) is 11.6 Å². The molecule has 3 aliphatic rings. The average Bonchev–Trinajstić information content (AvgIpc) is 3.77. The van der Waals surface area contributed by atoms with Crippen LogP contribution < -0.4 is 10.2 Å². The molecule has 1 aromatic heterocycles. The fourth-order valence-corrected chi connectivity index (χ4v) is 7.88. The number of hydrogen-bond donors (Lipinski definition) is 2. The molecule has 0 unspecified atom stereocenters. The average molecular weight is 652 g/mol. The predicted octanol–water partition coefficient (Wildman–Crippen LogP) is 5.70. The van der Waals surface area contributed by atoms with Crippen LogP contribution >= 0.6 is 11.6 Å². The van der Waals surface area contributed by atoms with E-state index in [9.17, 15) is 14.4 Å². The summed E-state index contributed by atoms with van der Waals surface area (Å²) in [6.45, 7) is 4.75. The molecule has 3 aromatic carbocycles. The summed E-state index contributed by atoms with van der Waals surface area (Å²) in [6.07, 6.45) is 6.74. The fraction of sp³-hybridized carbons (Fsp3) is 0.395. The third kappa shape index (κ3) is 6.94. The van der Waals surface area contributed by atoms with Gasteiger partial charge >= 0.3 is 0 Å². The second-order valence-electron chi connectivity index (χ2n) is 13.4. The molecule has 47 heavy (non-hydrogen) atoms. The van der Waals surface area contributed by atoms with E-state index in [-0.39, 0.29) is 29.6 Å². The van der Waals surface area contributed by atoms with E-state index in [0.29, 0.717) is 49.5 Å². The predicted molar refractivity (Wildman–Crippen MR) is 186 cm³/mol. The van der Waals surface area contributed by atoms with Gasteiger partial charge in [0.25, 0.3) is 5.91 Å². The Labute approximate surface area is 281 Å². The molecule has 0 bridgehead atoms. The maximum Gasteiger partial charge on any atom is 0.253 e. The standard InChI is InChI=1S/C38H42ClN5O3/c39-31-12-13-35-29(21-31)20-26(24-42-16-6-7-17-42)25-44(35)38(47)34(22-30-23-40-33-11-5-4-10-32(30)33)41-36(45)27-14-18-43(19-15-27)37(46)28-8-2-1-3-9-28/h1-5,8-13,21,23,26-27,34,40H,6-7,14-20,22,24-25H2,(H,41,45)/t26-,34-/m1/s1. The second kappa shape index (κ2) is 13.9. The number of hydrogen-bond acceptors (Lipinski definition) is 4. The third-order valence-corrected chi connectivity index (χ3v) is 10.4. The van der Waals surface area contributed by atoms with Crippen molar-refractivity contribution in [3.8, 4) is 0 Å². The number of para-hydroxylation sites is 1. The van der Waals surface area contributed by atoms with E-state index >= 15 is 0 Å². The topological polar surface area (TPSA) is 88.8 Å². The summed E-state index contributed by atoms with van der Waals surface area (Å²) in [5.74, 6) is -0.237. The number of amides is 3. The lowest BCUT2D eigenvalue weighted by Crippen LogP contribution is -2.55. The highest BCUT2D eigenvalue weighted by molar-refractivity contribution is 6.30. The summed E-state index contributed by atoms with van der Waals surface area (Å²) in [4.78, 5) is 51.2. The van der Waals surface area contributed by atoms with Gasteiger partial charge in [0.2, 0.25) is 11.8 Å². The van der Waals surface area contributed by atoms with Crippen LogP contribution in [0.15, 0.2) is 79.0 Å². The molecule has 9 heteroatoms. The fourth-order valence-electron chi connectivity index (χ4n) is 7.68. The first-order valence-corrected chi connectivity index (χ1v) is 17.3. The molecule has 0 aliphatic carbocycles. The number of nitrogens with one attached hydrogen (secondary N) is 2. The molecule has 2 N–H and O–H groups in total. The molecule has 0 saturated carbocycles. The first kappa shape index (κ1) is 31.5. The Morgan fingerprint density at radius 2 is 1.66 bits per heavy atom. The molecular weight excluding hydrogens is 610 g/mol. The molecule has 7 rings (SSSR count). The van der Waals surface area contributed by atoms with Gasteiger partial charge in [0, 0.05) is 71.9 Å². The van der Waals surface area contributed by atoms with Crippen LogP contribution in [0.2, 0.25) is 5.02 Å². The second-order valence-corrected chi connectivity index (χ2v) is 13.8. The van der Waals surface area contributed by atoms with Crippen molar-refractivity contribution in [3.05, 3.63) is 101 Å². The SMILES string of the molecule is O=C(N[C@H](Cc1c[nH]c2ccccc12)C(=O)N1C[C@@H](CN2CCCC2)Cc2cc(Cl)ccc21)C1CCN(C(=O)c2ccccc2)CC1. The number of likely N-dealkylation sites (tertiary alicyclic amines) is 2. The number of halogens is 1. The number of aromatic amines is 1. The van der Waals surface area contributed by atoms with E-state index in [2.05, 4.69) is 15.2 Å². The molecule has 4 heterocycles. The van der Waals surface area contributed by atoms with Crippen molar-refractivity contribution in [2.75, 3.05) is 44.2 Å². The van der Waals surface area contributed by atoms with Crippen molar-refractivity contribution in [1.29, 1.82) is 0 Å². The van der Waals surface area contributed by atoms with Crippen molar-refractivity contribution in [2.45, 2.75) is 44.6 Å². The number of aromatic nitrogens is 1. The van der Waals surface area contributed by atoms with Gasteiger partial charge in [-0.1, -0.05) is 48.0 Å². The van der Waals surface area contributed by atoms with Crippen LogP contribution in [0.5, 0.6) is 0 Å². The first-order valence-electron chi connectivity index (χ1n) is 16.9. The van der Waals surface area contributed by atoms with Gasteiger partial charge in [0.1, 0.15) is 6.04 Å². The van der Waals surface area contributed by atoms with E-state index in [1.54, 1.807) is 0 Å². The van der Waals surface area contributed by atoms with Crippen molar-refractivity contribution < 1.29 is 14.4 Å². The highest BCUT2D eigenvalue weighted by Crippen LogP contribution is 2.34. The minimum atomic E-state index is -0.750. The lowest BCUT2D eigenvalue weighted by atomic mass is 9.90. The van der Waals surface area contributed by atoms with Crippen molar-refractivity contribution >= 4 is 45.9 Å². The minimum absolute atomic E-state index is 0.01000. The highest BCUT2D eigenvalue weighted by Gasteiger charge is 2.36. The Kier molecular flexibility index (Phi) is 9.32. The van der Waals surface area contributed by atoms with Crippen LogP contribution in [0.3, 0.4) is 0 Å². The maximum absolute atomic E-state index is 14.7. The zero-order valence-electron chi connectivity index (χ0n) is 26.7. The molecule has 0 spiro atoms. The van der Waals surface area contributed by atoms with Crippen molar-refractivity contribution in [1.82, 2.24) is 20.1 Å². The number of nitrogens with zero attached hydrogens (tertiary/aromatic N) is 3. The number of carbonyl (C=O) groups is 3. The number of fused-ring (bicyclic) bond motifs is 2. The Hall–Kier alpha value is -4.14. The lowest BCUT2D eigenvalue weighted by molar-refractivity contribution is -0.131. The van der Waals surface area contributed by atoms with E-state index in [1.807, 2.05) is 88.8 Å². The first-order chi connectivity index (χ1) is 22.9. The van der Waals surface area contributed by atoms with Gasteiger partial charge in [0.15, 0.2) is 0 Å². The Morgan fingerprint density at radius 3 is 2.45 bits per heavy atom. The Balaban J connectivity index is 1.12. The molecular formula is C38H42ClN5O3. The zero-order valence-corrected chi connectivity index (χ0v) is 27.4. The summed E-state index contributed by atoms with van der Waals surface area (Å²) in [7, 11) is 0. The summed E-state index contributed by atoms with van der Waals surface area (Å²) in [6, 6.07) is 22.4. The molecule has 3 amide bonds. The minimum Gasteiger partial charge on any atom is -0.361 e. The molecule has 3 aliphatic heterocycles. The van der Waals surface area contributed by atoms with Crippen molar-refractivity contribution in [3.63, 3.8) is 0 Å². The van der Waals surface area contributed by atoms with Gasteiger partial charge in [-0.3, -0.25) is 14.4 Å². The number of piperidine rings is 1. The maximum atomic E-state index is 14.7. The number of benzene rings is 3. The Bertz CT molecular complexity index is 1740. The van der Waals surface area contributed by atoms with Crippen LogP contribution in [0.25, 0.3) is 10.9 Å². The van der Waals surface area contributed by atoms with Crippen molar-refractivity contribution in [2.24, 2.45) is 11.8 Å². The van der Waals surface area contributed by atoms with E-state index in [1.165, 1.54) is 12.8 Å². The molecule has 2 fully saturated rings. The zero-order chi connectivity index (χ0) is 32.3. The molecule has 244 valence electrons. The number of rotatable bonds is 8. The largest absolute Gasteiger partial charge is 0.361 e. The molecule has 8 nitrogen and oxygen atoms in total. The third-order valence-electron chi connectivity index (χ3n) is 10.2. The molecule has 0 radical (unpaired) electrons. The van der Waals surface area contributed by atoms with Crippen LogP contribution in [0.1, 0.15) is 47.2 Å². The number of H-pyrrole nitrogens is 1. The highest BCUT2D eigenvalue weighted by atomic mass is 35.5. The van der Waals surface area contributed by atoms with Gasteiger partial charge in [-0.15, -0.1) is 0 Å². The number of anilines is 1. The molecule has 2 atom stereocenters. The van der Waals surface area contributed by atoms with Crippen LogP contribution in [0.4, 0.5) is 5.69 Å². The summed E-state index contributed by atoms with van der Waals surface area (Å²) in [5, 5.41) is 4.92. The monoisotopic (exact) mass is 651 g/mol. The summed E-state index contributed by atoms with van der Waals surface area (Å²) >= 11 is 6.46. The molecule has 2 saturated heterocycles. The van der Waals surface area contributed by atoms with Gasteiger partial charge in [0.05, 0.1) is 0 Å². The number of carbonyl (C=O) groups excluding carboxylic acids is 3. The summed E-state index contributed by atoms with van der Waals surface area (Å²) in [5.41, 5.74) is 4.60. The van der Waals surface area contributed by atoms with E-state index in [0.717, 1.165) is 53.8 Å². The Morgan fingerprint density at radius 1 is 0.915 bits per heavy atom. The van der Waals surface area contributed by atoms with Gasteiger partial charge in [-0.05, 0) is 98.6 Å². The molecule has 4 aromatic rings. The lowest BCUT2D eigenvalue weighted by Gasteiger charge is -2.38. The van der Waals surface area contributed by atoms with Gasteiger partial charge in [-0.25, -0.2) is 0 Å². The normalized spacial score (nSPS) is 19.5. The van der Waals surface area contributed by atoms with E-state index < -0.39 is 6.04 Å². The van der Waals surface area contributed by atoms with Gasteiger partial charge < -0.3 is 25.0 Å². The van der Waals surface area contributed by atoms with Crippen LogP contribution in [-0.4, -0.2) is 77.8 Å². The van der Waals surface area contributed by atoms with Crippen LogP contribution in [0, 0.1) is 11.8 Å².